The van der Waals surface area contributed by atoms with E-state index >= 15 is 0 Å². The Morgan fingerprint density at radius 3 is 2.70 bits per heavy atom. The largest absolute Gasteiger partial charge is 0.442 e. The zero-order chi connectivity index (χ0) is 13.9. The quantitative estimate of drug-likeness (QED) is 0.683. The number of alkyl halides is 1. The molecule has 0 atom stereocenters. The van der Waals surface area contributed by atoms with Crippen LogP contribution in [0.4, 0.5) is 0 Å². The molecule has 0 aliphatic heterocycles. The van der Waals surface area contributed by atoms with Gasteiger partial charge in [-0.1, -0.05) is 28.1 Å². The molecule has 2 aromatic heterocycles. The van der Waals surface area contributed by atoms with Gasteiger partial charge in [0.1, 0.15) is 11.7 Å². The van der Waals surface area contributed by atoms with Gasteiger partial charge in [0, 0.05) is 17.7 Å². The maximum absolute atomic E-state index is 9.11. The SMILES string of the molecule is N#Cc1oc2ccccc2c1Oc1ncc(CBr)cn1. The molecule has 20 heavy (non-hydrogen) atoms. The van der Waals surface area contributed by atoms with Crippen LogP contribution in [-0.4, -0.2) is 9.97 Å². The van der Waals surface area contributed by atoms with Gasteiger partial charge in [-0.05, 0) is 17.7 Å². The van der Waals surface area contributed by atoms with Crippen LogP contribution in [-0.2, 0) is 5.33 Å². The highest BCUT2D eigenvalue weighted by Crippen LogP contribution is 2.34. The van der Waals surface area contributed by atoms with Gasteiger partial charge in [0.2, 0.25) is 5.76 Å². The molecule has 0 unspecified atom stereocenters. The molecular weight excluding hydrogens is 322 g/mol. The average molecular weight is 330 g/mol. The molecule has 0 spiro atoms. The van der Waals surface area contributed by atoms with E-state index in [-0.39, 0.29) is 11.8 Å². The van der Waals surface area contributed by atoms with Crippen molar-refractivity contribution in [2.24, 2.45) is 0 Å². The Kier molecular flexibility index (Phi) is 3.35. The van der Waals surface area contributed by atoms with Gasteiger partial charge in [-0.2, -0.15) is 5.26 Å². The predicted octanol–water partition coefficient (Wildman–Crippen LogP) is 3.78. The van der Waals surface area contributed by atoms with Crippen LogP contribution in [0.2, 0.25) is 0 Å². The fraction of sp³-hybridized carbons (Fsp3) is 0.0714. The first-order chi connectivity index (χ1) is 9.81. The van der Waals surface area contributed by atoms with Crippen molar-refractivity contribution in [3.8, 4) is 17.8 Å². The summed E-state index contributed by atoms with van der Waals surface area (Å²) < 4.78 is 11.0. The summed E-state index contributed by atoms with van der Waals surface area (Å²) in [4.78, 5) is 8.18. The second-order valence-corrected chi connectivity index (χ2v) is 4.54. The number of aromatic nitrogens is 2. The zero-order valence-corrected chi connectivity index (χ0v) is 11.8. The highest BCUT2D eigenvalue weighted by Gasteiger charge is 2.16. The van der Waals surface area contributed by atoms with E-state index in [0.717, 1.165) is 10.9 Å². The summed E-state index contributed by atoms with van der Waals surface area (Å²) in [7, 11) is 0. The molecule has 0 radical (unpaired) electrons. The normalized spacial score (nSPS) is 10.4. The minimum Gasteiger partial charge on any atom is -0.442 e. The lowest BCUT2D eigenvalue weighted by Crippen LogP contribution is -1.93. The Balaban J connectivity index is 2.03. The first-order valence-electron chi connectivity index (χ1n) is 5.78. The first kappa shape index (κ1) is 12.6. The number of para-hydroxylation sites is 1. The predicted molar refractivity (Wildman–Crippen MR) is 75.7 cm³/mol. The molecule has 0 fully saturated rings. The average Bonchev–Trinajstić information content (AvgIpc) is 2.86. The van der Waals surface area contributed by atoms with Gasteiger partial charge < -0.3 is 9.15 Å². The van der Waals surface area contributed by atoms with E-state index < -0.39 is 0 Å². The van der Waals surface area contributed by atoms with E-state index in [0.29, 0.717) is 16.7 Å². The Hall–Kier alpha value is -2.39. The molecule has 3 aromatic rings. The highest BCUT2D eigenvalue weighted by atomic mass is 79.9. The molecule has 0 amide bonds. The van der Waals surface area contributed by atoms with Crippen molar-refractivity contribution in [3.63, 3.8) is 0 Å². The lowest BCUT2D eigenvalue weighted by atomic mass is 10.2. The molecule has 3 rings (SSSR count). The van der Waals surface area contributed by atoms with E-state index in [1.165, 1.54) is 0 Å². The number of rotatable bonds is 3. The van der Waals surface area contributed by atoms with Gasteiger partial charge in [-0.25, -0.2) is 9.97 Å². The van der Waals surface area contributed by atoms with Gasteiger partial charge in [-0.3, -0.25) is 0 Å². The summed E-state index contributed by atoms with van der Waals surface area (Å²) in [6, 6.07) is 9.43. The third-order valence-electron chi connectivity index (χ3n) is 2.68. The molecule has 98 valence electrons. The van der Waals surface area contributed by atoms with Crippen molar-refractivity contribution >= 4 is 26.9 Å². The second-order valence-electron chi connectivity index (χ2n) is 3.98. The monoisotopic (exact) mass is 329 g/mol. The fourth-order valence-corrected chi connectivity index (χ4v) is 2.04. The van der Waals surface area contributed by atoms with Gasteiger partial charge >= 0.3 is 6.01 Å². The molecule has 2 heterocycles. The number of fused-ring (bicyclic) bond motifs is 1. The number of ether oxygens (including phenoxy) is 1. The molecule has 0 aliphatic rings. The molecule has 5 nitrogen and oxygen atoms in total. The minimum absolute atomic E-state index is 0.111. The van der Waals surface area contributed by atoms with Crippen molar-refractivity contribution in [2.75, 3.05) is 0 Å². The number of hydrogen-bond acceptors (Lipinski definition) is 5. The zero-order valence-electron chi connectivity index (χ0n) is 10.2. The summed E-state index contributed by atoms with van der Waals surface area (Å²) in [6.45, 7) is 0. The van der Waals surface area contributed by atoms with Crippen LogP contribution in [0.25, 0.3) is 11.0 Å². The van der Waals surface area contributed by atoms with Crippen molar-refractivity contribution < 1.29 is 9.15 Å². The summed E-state index contributed by atoms with van der Waals surface area (Å²) in [5, 5.41) is 10.5. The Morgan fingerprint density at radius 1 is 1.25 bits per heavy atom. The van der Waals surface area contributed by atoms with E-state index in [9.17, 15) is 0 Å². The van der Waals surface area contributed by atoms with E-state index in [1.807, 2.05) is 24.3 Å². The number of nitrogens with zero attached hydrogens (tertiary/aromatic N) is 3. The Labute approximate surface area is 123 Å². The summed E-state index contributed by atoms with van der Waals surface area (Å²) in [6.07, 6.45) is 3.32. The van der Waals surface area contributed by atoms with Crippen molar-refractivity contribution in [1.29, 1.82) is 5.26 Å². The first-order valence-corrected chi connectivity index (χ1v) is 6.90. The Bertz CT molecular complexity index is 790. The van der Waals surface area contributed by atoms with E-state index in [1.54, 1.807) is 18.5 Å². The van der Waals surface area contributed by atoms with Crippen LogP contribution in [0.1, 0.15) is 11.3 Å². The number of benzene rings is 1. The van der Waals surface area contributed by atoms with E-state index in [2.05, 4.69) is 25.9 Å². The molecule has 0 saturated heterocycles. The van der Waals surface area contributed by atoms with Crippen LogP contribution in [0.5, 0.6) is 11.8 Å². The summed E-state index contributed by atoms with van der Waals surface area (Å²) >= 11 is 3.32. The third-order valence-corrected chi connectivity index (χ3v) is 3.33. The van der Waals surface area contributed by atoms with Crippen molar-refractivity contribution in [2.45, 2.75) is 5.33 Å². The van der Waals surface area contributed by atoms with Gasteiger partial charge in [0.05, 0.1) is 5.39 Å². The second kappa shape index (κ2) is 5.31. The van der Waals surface area contributed by atoms with E-state index in [4.69, 9.17) is 14.4 Å². The number of halogens is 1. The standard InChI is InChI=1S/C14H8BrN3O2/c15-5-9-7-17-14(18-8-9)20-13-10-3-1-2-4-11(10)19-12(13)6-16/h1-4,7-8H,5H2. The van der Waals surface area contributed by atoms with Gasteiger partial charge in [-0.15, -0.1) is 0 Å². The molecule has 0 bridgehead atoms. The molecule has 0 aliphatic carbocycles. The van der Waals surface area contributed by atoms with Crippen molar-refractivity contribution in [1.82, 2.24) is 9.97 Å². The maximum atomic E-state index is 9.11. The van der Waals surface area contributed by atoms with Gasteiger partial charge in [0.25, 0.3) is 0 Å². The summed E-state index contributed by atoms with van der Waals surface area (Å²) in [5.74, 6) is 0.453. The van der Waals surface area contributed by atoms with Crippen LogP contribution < -0.4 is 4.74 Å². The number of nitriles is 1. The molecule has 1 aromatic carbocycles. The summed E-state index contributed by atoms with van der Waals surface area (Å²) in [5.41, 5.74) is 1.53. The number of furan rings is 1. The number of hydrogen-bond donors (Lipinski definition) is 0. The lowest BCUT2D eigenvalue weighted by molar-refractivity contribution is 0.431. The topological polar surface area (TPSA) is 71.9 Å². The highest BCUT2D eigenvalue weighted by molar-refractivity contribution is 9.08. The molecule has 0 saturated carbocycles. The lowest BCUT2D eigenvalue weighted by Gasteiger charge is -2.02. The molecule has 6 heteroatoms. The maximum Gasteiger partial charge on any atom is 0.322 e. The van der Waals surface area contributed by atoms with Crippen LogP contribution >= 0.6 is 15.9 Å². The molecule has 0 N–H and O–H groups in total. The Morgan fingerprint density at radius 2 is 2.00 bits per heavy atom. The minimum atomic E-state index is 0.111. The molecular formula is C14H8BrN3O2. The van der Waals surface area contributed by atoms with Crippen LogP contribution in [0.3, 0.4) is 0 Å². The van der Waals surface area contributed by atoms with Crippen LogP contribution in [0, 0.1) is 11.3 Å². The van der Waals surface area contributed by atoms with Crippen molar-refractivity contribution in [3.05, 3.63) is 48.0 Å². The van der Waals surface area contributed by atoms with Crippen LogP contribution in [0.15, 0.2) is 41.1 Å². The van der Waals surface area contributed by atoms with Gasteiger partial charge in [0.15, 0.2) is 5.75 Å². The fourth-order valence-electron chi connectivity index (χ4n) is 1.75. The smallest absolute Gasteiger partial charge is 0.322 e. The third kappa shape index (κ3) is 2.24.